The first kappa shape index (κ1) is 9.72. The van der Waals surface area contributed by atoms with E-state index in [0.29, 0.717) is 0 Å². The summed E-state index contributed by atoms with van der Waals surface area (Å²) in [5.41, 5.74) is 0. The average Bonchev–Trinajstić information content (AvgIpc) is 2.44. The Morgan fingerprint density at radius 1 is 0.667 bits per heavy atom. The molecular formula is C17H12O. The van der Waals surface area contributed by atoms with Crippen LogP contribution in [0.4, 0.5) is 0 Å². The van der Waals surface area contributed by atoms with Gasteiger partial charge in [0.05, 0.1) is 7.11 Å². The van der Waals surface area contributed by atoms with Crippen molar-refractivity contribution in [3.8, 4) is 5.75 Å². The lowest BCUT2D eigenvalue weighted by atomic mass is 9.94. The lowest BCUT2D eigenvalue weighted by molar-refractivity contribution is 0.416. The molecule has 0 aromatic heterocycles. The molecule has 0 unspecified atom stereocenters. The maximum absolute atomic E-state index is 5.36. The number of benzene rings is 4. The van der Waals surface area contributed by atoms with Gasteiger partial charge in [-0.1, -0.05) is 42.5 Å². The summed E-state index contributed by atoms with van der Waals surface area (Å²) in [6, 6.07) is 19.4. The summed E-state index contributed by atoms with van der Waals surface area (Å²) in [5, 5.41) is 7.79. The molecule has 4 rings (SSSR count). The average molecular weight is 232 g/mol. The maximum atomic E-state index is 5.36. The van der Waals surface area contributed by atoms with Crippen molar-refractivity contribution in [2.45, 2.75) is 0 Å². The third kappa shape index (κ3) is 1.16. The zero-order valence-corrected chi connectivity index (χ0v) is 10.1. The summed E-state index contributed by atoms with van der Waals surface area (Å²) < 4.78 is 5.36. The van der Waals surface area contributed by atoms with E-state index in [2.05, 4.69) is 54.6 Å². The molecule has 0 amide bonds. The van der Waals surface area contributed by atoms with Crippen LogP contribution in [0.15, 0.2) is 54.6 Å². The van der Waals surface area contributed by atoms with Crippen LogP contribution in [-0.2, 0) is 0 Å². The Balaban J connectivity index is 2.35. The smallest absolute Gasteiger partial charge is 0.120 e. The van der Waals surface area contributed by atoms with E-state index in [-0.39, 0.29) is 0 Å². The van der Waals surface area contributed by atoms with E-state index < -0.39 is 0 Å². The molecule has 1 heteroatoms. The quantitative estimate of drug-likeness (QED) is 0.436. The first-order chi connectivity index (χ1) is 8.86. The molecule has 86 valence electrons. The number of hydrogen-bond donors (Lipinski definition) is 0. The molecule has 1 nitrogen and oxygen atoms in total. The van der Waals surface area contributed by atoms with Gasteiger partial charge < -0.3 is 4.74 Å². The zero-order valence-electron chi connectivity index (χ0n) is 10.1. The van der Waals surface area contributed by atoms with Crippen LogP contribution in [0.5, 0.6) is 5.75 Å². The minimum atomic E-state index is 0.917. The molecule has 0 aliphatic heterocycles. The van der Waals surface area contributed by atoms with Crippen LogP contribution in [0.2, 0.25) is 0 Å². The van der Waals surface area contributed by atoms with Crippen LogP contribution in [0, 0.1) is 0 Å². The van der Waals surface area contributed by atoms with Crippen molar-refractivity contribution >= 4 is 32.3 Å². The van der Waals surface area contributed by atoms with Crippen molar-refractivity contribution in [1.82, 2.24) is 0 Å². The molecule has 4 aromatic carbocycles. The number of ether oxygens (including phenoxy) is 1. The van der Waals surface area contributed by atoms with Gasteiger partial charge in [0, 0.05) is 0 Å². The highest BCUT2D eigenvalue weighted by Gasteiger charge is 2.08. The highest BCUT2D eigenvalue weighted by Crippen LogP contribution is 2.36. The maximum Gasteiger partial charge on any atom is 0.120 e. The van der Waals surface area contributed by atoms with E-state index >= 15 is 0 Å². The predicted molar refractivity (Wildman–Crippen MR) is 76.7 cm³/mol. The van der Waals surface area contributed by atoms with E-state index in [1.165, 1.54) is 32.3 Å². The molecule has 0 radical (unpaired) electrons. The Labute approximate surface area is 105 Å². The fourth-order valence-corrected chi connectivity index (χ4v) is 2.84. The fraction of sp³-hybridized carbons (Fsp3) is 0.0588. The van der Waals surface area contributed by atoms with Crippen molar-refractivity contribution in [2.75, 3.05) is 7.11 Å². The molecule has 0 saturated heterocycles. The van der Waals surface area contributed by atoms with E-state index in [9.17, 15) is 0 Å². The number of methoxy groups -OCH3 is 1. The van der Waals surface area contributed by atoms with Crippen molar-refractivity contribution in [3.05, 3.63) is 54.6 Å². The topological polar surface area (TPSA) is 9.23 Å². The molecule has 4 aromatic rings. The van der Waals surface area contributed by atoms with Gasteiger partial charge >= 0.3 is 0 Å². The van der Waals surface area contributed by atoms with Crippen LogP contribution in [0.25, 0.3) is 32.3 Å². The zero-order chi connectivity index (χ0) is 12.1. The summed E-state index contributed by atoms with van der Waals surface area (Å²) >= 11 is 0. The van der Waals surface area contributed by atoms with Crippen LogP contribution in [0.1, 0.15) is 0 Å². The molecule has 0 spiro atoms. The van der Waals surface area contributed by atoms with Crippen molar-refractivity contribution in [1.29, 1.82) is 0 Å². The van der Waals surface area contributed by atoms with Crippen LogP contribution in [0.3, 0.4) is 0 Å². The van der Waals surface area contributed by atoms with Crippen LogP contribution in [-0.4, -0.2) is 7.11 Å². The fourth-order valence-electron chi connectivity index (χ4n) is 2.84. The van der Waals surface area contributed by atoms with Crippen LogP contribution < -0.4 is 4.74 Å². The highest BCUT2D eigenvalue weighted by atomic mass is 16.5. The van der Waals surface area contributed by atoms with Gasteiger partial charge in [-0.2, -0.15) is 0 Å². The summed E-state index contributed by atoms with van der Waals surface area (Å²) in [6.07, 6.45) is 0. The van der Waals surface area contributed by atoms with E-state index in [1.807, 2.05) is 0 Å². The SMILES string of the molecule is COc1cc2ccc3cccc4ccc(c1)c2c34. The second-order valence-corrected chi connectivity index (χ2v) is 4.66. The second kappa shape index (κ2) is 3.36. The molecule has 18 heavy (non-hydrogen) atoms. The van der Waals surface area contributed by atoms with Gasteiger partial charge in [-0.05, 0) is 44.5 Å². The monoisotopic (exact) mass is 232 g/mol. The Bertz CT molecular complexity index is 797. The lowest BCUT2D eigenvalue weighted by Crippen LogP contribution is -1.86. The first-order valence-corrected chi connectivity index (χ1v) is 6.08. The van der Waals surface area contributed by atoms with Crippen LogP contribution >= 0.6 is 0 Å². The van der Waals surface area contributed by atoms with Gasteiger partial charge in [-0.15, -0.1) is 0 Å². The molecule has 0 aliphatic carbocycles. The summed E-state index contributed by atoms with van der Waals surface area (Å²) in [5.74, 6) is 0.917. The predicted octanol–water partition coefficient (Wildman–Crippen LogP) is 4.59. The Hall–Kier alpha value is -2.28. The molecule has 0 atom stereocenters. The van der Waals surface area contributed by atoms with Gasteiger partial charge in [0.2, 0.25) is 0 Å². The molecule has 0 bridgehead atoms. The summed E-state index contributed by atoms with van der Waals surface area (Å²) in [7, 11) is 1.72. The molecule has 0 saturated carbocycles. The molecule has 0 N–H and O–H groups in total. The Kier molecular flexibility index (Phi) is 1.81. The van der Waals surface area contributed by atoms with Gasteiger partial charge in [-0.25, -0.2) is 0 Å². The summed E-state index contributed by atoms with van der Waals surface area (Å²) in [6.45, 7) is 0. The Morgan fingerprint density at radius 2 is 1.17 bits per heavy atom. The second-order valence-electron chi connectivity index (χ2n) is 4.66. The minimum Gasteiger partial charge on any atom is -0.497 e. The number of rotatable bonds is 1. The van der Waals surface area contributed by atoms with Crippen molar-refractivity contribution in [2.24, 2.45) is 0 Å². The first-order valence-electron chi connectivity index (χ1n) is 6.08. The van der Waals surface area contributed by atoms with Crippen molar-refractivity contribution < 1.29 is 4.74 Å². The van der Waals surface area contributed by atoms with Gasteiger partial charge in [0.25, 0.3) is 0 Å². The molecule has 0 fully saturated rings. The lowest BCUT2D eigenvalue weighted by Gasteiger charge is -2.11. The highest BCUT2D eigenvalue weighted by molar-refractivity contribution is 6.23. The molecule has 0 heterocycles. The third-order valence-corrected chi connectivity index (χ3v) is 3.67. The molecular weight excluding hydrogens is 220 g/mol. The van der Waals surface area contributed by atoms with Gasteiger partial charge in [0.15, 0.2) is 0 Å². The minimum absolute atomic E-state index is 0.917. The van der Waals surface area contributed by atoms with E-state index in [0.717, 1.165) is 5.75 Å². The molecule has 0 aliphatic rings. The number of hydrogen-bond acceptors (Lipinski definition) is 1. The normalized spacial score (nSPS) is 11.6. The van der Waals surface area contributed by atoms with Crippen molar-refractivity contribution in [3.63, 3.8) is 0 Å². The third-order valence-electron chi connectivity index (χ3n) is 3.67. The van der Waals surface area contributed by atoms with Gasteiger partial charge in [0.1, 0.15) is 5.75 Å². The summed E-state index contributed by atoms with van der Waals surface area (Å²) in [4.78, 5) is 0. The largest absolute Gasteiger partial charge is 0.497 e. The van der Waals surface area contributed by atoms with Gasteiger partial charge in [-0.3, -0.25) is 0 Å². The Morgan fingerprint density at radius 3 is 1.72 bits per heavy atom. The standard InChI is InChI=1S/C17H12O/c1-18-15-9-13-7-5-11-3-2-4-12-6-8-14(10-15)17(13)16(11)12/h2-10H,1H3. The van der Waals surface area contributed by atoms with E-state index in [4.69, 9.17) is 4.74 Å². The van der Waals surface area contributed by atoms with E-state index in [1.54, 1.807) is 7.11 Å².